The first-order valence-electron chi connectivity index (χ1n) is 15.3. The third-order valence-electron chi connectivity index (χ3n) is 8.19. The van der Waals surface area contributed by atoms with Crippen LogP contribution < -0.4 is 9.46 Å². The molecule has 1 aliphatic carbocycles. The molecule has 11 heteroatoms. The second kappa shape index (κ2) is 14.8. The van der Waals surface area contributed by atoms with Crippen LogP contribution in [0.2, 0.25) is 0 Å². The number of ether oxygens (including phenoxy) is 2. The van der Waals surface area contributed by atoms with Gasteiger partial charge in [-0.05, 0) is 101 Å². The molecule has 1 fully saturated rings. The van der Waals surface area contributed by atoms with Crippen molar-refractivity contribution in [1.29, 1.82) is 0 Å². The van der Waals surface area contributed by atoms with Crippen molar-refractivity contribution in [3.63, 3.8) is 0 Å². The summed E-state index contributed by atoms with van der Waals surface area (Å²) in [6, 6.07) is 8.62. The first-order valence-corrected chi connectivity index (χ1v) is 16.8. The molecule has 1 heterocycles. The number of rotatable bonds is 9. The van der Waals surface area contributed by atoms with Crippen molar-refractivity contribution in [2.24, 2.45) is 11.8 Å². The highest BCUT2D eigenvalue weighted by molar-refractivity contribution is 7.92. The van der Waals surface area contributed by atoms with Crippen molar-refractivity contribution in [3.8, 4) is 5.75 Å². The van der Waals surface area contributed by atoms with E-state index in [1.165, 1.54) is 31.0 Å². The van der Waals surface area contributed by atoms with Gasteiger partial charge in [0.05, 0.1) is 35.3 Å². The summed E-state index contributed by atoms with van der Waals surface area (Å²) in [6.45, 7) is 8.29. The topological polar surface area (TPSA) is 108 Å². The Bertz CT molecular complexity index is 1320. The zero-order valence-electron chi connectivity index (χ0n) is 25.7. The normalized spacial score (nSPS) is 23.3. The molecule has 4 atom stereocenters. The smallest absolute Gasteiger partial charge is 0.261 e. The summed E-state index contributed by atoms with van der Waals surface area (Å²) in [5, 5.41) is 10.1. The average molecular weight is 620 g/mol. The molecule has 2 N–H and O–H groups in total. The summed E-state index contributed by atoms with van der Waals surface area (Å²) >= 11 is 0. The van der Waals surface area contributed by atoms with Crippen molar-refractivity contribution < 1.29 is 32.2 Å². The quantitative estimate of drug-likeness (QED) is 0.417. The van der Waals surface area contributed by atoms with Crippen molar-refractivity contribution in [2.45, 2.75) is 76.0 Å². The van der Waals surface area contributed by atoms with E-state index in [9.17, 15) is 22.7 Å². The van der Waals surface area contributed by atoms with E-state index in [0.717, 1.165) is 50.4 Å². The van der Waals surface area contributed by atoms with Crippen LogP contribution in [-0.2, 0) is 14.8 Å². The van der Waals surface area contributed by atoms with Gasteiger partial charge in [-0.15, -0.1) is 0 Å². The Labute approximate surface area is 255 Å². The Balaban J connectivity index is 1.65. The van der Waals surface area contributed by atoms with Crippen molar-refractivity contribution in [1.82, 2.24) is 9.80 Å². The molecule has 0 aromatic heterocycles. The fourth-order valence-corrected chi connectivity index (χ4v) is 6.45. The van der Waals surface area contributed by atoms with Crippen LogP contribution in [0.4, 0.5) is 10.1 Å². The number of amides is 1. The largest absolute Gasteiger partial charge is 0.490 e. The van der Waals surface area contributed by atoms with Gasteiger partial charge in [0, 0.05) is 37.8 Å². The van der Waals surface area contributed by atoms with Gasteiger partial charge in [-0.2, -0.15) is 0 Å². The number of halogens is 1. The molecule has 0 bridgehead atoms. The summed E-state index contributed by atoms with van der Waals surface area (Å²) in [5.41, 5.74) is 0.361. The molecule has 238 valence electrons. The number of benzene rings is 2. The van der Waals surface area contributed by atoms with Crippen LogP contribution >= 0.6 is 0 Å². The van der Waals surface area contributed by atoms with Gasteiger partial charge in [-0.1, -0.05) is 6.92 Å². The molecule has 9 nitrogen and oxygen atoms in total. The number of anilines is 1. The Morgan fingerprint density at radius 2 is 1.81 bits per heavy atom. The van der Waals surface area contributed by atoms with Crippen molar-refractivity contribution in [2.75, 3.05) is 44.6 Å². The van der Waals surface area contributed by atoms with Gasteiger partial charge in [0.1, 0.15) is 11.6 Å². The fraction of sp³-hybridized carbons (Fsp3) is 0.594. The van der Waals surface area contributed by atoms with E-state index in [1.807, 2.05) is 6.92 Å². The lowest BCUT2D eigenvalue weighted by atomic mass is 10.0. The number of hydrogen-bond donors (Lipinski definition) is 2. The lowest BCUT2D eigenvalue weighted by Crippen LogP contribution is -2.47. The van der Waals surface area contributed by atoms with Crippen LogP contribution in [0.15, 0.2) is 47.4 Å². The molecule has 0 unspecified atom stereocenters. The Morgan fingerprint density at radius 3 is 2.49 bits per heavy atom. The number of carbonyl (C=O) groups is 1. The molecule has 0 saturated heterocycles. The Hall–Kier alpha value is -2.73. The van der Waals surface area contributed by atoms with Gasteiger partial charge in [0.15, 0.2) is 0 Å². The zero-order valence-corrected chi connectivity index (χ0v) is 26.5. The van der Waals surface area contributed by atoms with Crippen molar-refractivity contribution in [3.05, 3.63) is 53.8 Å². The summed E-state index contributed by atoms with van der Waals surface area (Å²) in [7, 11) is -1.93. The van der Waals surface area contributed by atoms with Gasteiger partial charge in [-0.25, -0.2) is 12.8 Å². The second-order valence-electron chi connectivity index (χ2n) is 12.2. The van der Waals surface area contributed by atoms with E-state index in [2.05, 4.69) is 23.6 Å². The molecule has 1 aliphatic heterocycles. The molecular formula is C32H46FN3O6S. The summed E-state index contributed by atoms with van der Waals surface area (Å²) in [4.78, 5) is 18.1. The maximum Gasteiger partial charge on any atom is 0.261 e. The standard InChI is InChI=1S/C32H46FN3O6S/c1-22-18-36(23(2)21-37)32(38)29-17-27(34-43(39,40)28-13-10-26(33)11-14-28)12-15-30(29)42-24(3)7-5-6-16-41-31(22)20-35(4)19-25-8-9-25/h10-15,17,22-25,31,34,37H,5-9,16,18-21H2,1-4H3/t22-,23+,24-,31-/m1/s1. The van der Waals surface area contributed by atoms with E-state index in [1.54, 1.807) is 24.0 Å². The minimum atomic E-state index is -4.04. The summed E-state index contributed by atoms with van der Waals surface area (Å²) in [6.07, 6.45) is 4.78. The highest BCUT2D eigenvalue weighted by Gasteiger charge is 2.31. The molecule has 2 aromatic rings. The highest BCUT2D eigenvalue weighted by atomic mass is 32.2. The SMILES string of the molecule is C[C@@H]1CCCCO[C@H](CN(C)CC2CC2)[C@H](C)CN([C@@H](C)CO)C(=O)c2cc(NS(=O)(=O)c3ccc(F)cc3)ccc2O1. The van der Waals surface area contributed by atoms with E-state index in [4.69, 9.17) is 9.47 Å². The lowest BCUT2D eigenvalue weighted by Gasteiger charge is -2.36. The van der Waals surface area contributed by atoms with Crippen LogP contribution in [0, 0.1) is 17.7 Å². The number of aliphatic hydroxyl groups is 1. The minimum absolute atomic E-state index is 0.0361. The third kappa shape index (κ3) is 9.38. The molecule has 2 aliphatic rings. The molecule has 0 spiro atoms. The van der Waals surface area contributed by atoms with Crippen LogP contribution in [-0.4, -0.2) is 87.4 Å². The fourth-order valence-electron chi connectivity index (χ4n) is 5.40. The highest BCUT2D eigenvalue weighted by Crippen LogP contribution is 2.31. The number of carbonyl (C=O) groups excluding carboxylic acids is 1. The van der Waals surface area contributed by atoms with Crippen LogP contribution in [0.3, 0.4) is 0 Å². The second-order valence-corrected chi connectivity index (χ2v) is 13.9. The molecule has 1 saturated carbocycles. The van der Waals surface area contributed by atoms with E-state index in [0.29, 0.717) is 18.9 Å². The average Bonchev–Trinajstić information content (AvgIpc) is 3.78. The first-order chi connectivity index (χ1) is 20.5. The number of hydrogen-bond acceptors (Lipinski definition) is 7. The molecule has 4 rings (SSSR count). The lowest BCUT2D eigenvalue weighted by molar-refractivity contribution is -0.0172. The van der Waals surface area contributed by atoms with Gasteiger partial charge in [0.25, 0.3) is 15.9 Å². The number of sulfonamides is 1. The Morgan fingerprint density at radius 1 is 1.09 bits per heavy atom. The molecule has 2 aromatic carbocycles. The number of likely N-dealkylation sites (N-methyl/N-ethyl adjacent to an activating group) is 1. The number of fused-ring (bicyclic) bond motifs is 1. The maximum absolute atomic E-state index is 14.2. The number of nitrogens with zero attached hydrogens (tertiary/aromatic N) is 2. The minimum Gasteiger partial charge on any atom is -0.490 e. The van der Waals surface area contributed by atoms with Crippen LogP contribution in [0.5, 0.6) is 5.75 Å². The van der Waals surface area contributed by atoms with Gasteiger partial charge < -0.3 is 24.4 Å². The predicted molar refractivity (Wildman–Crippen MR) is 164 cm³/mol. The van der Waals surface area contributed by atoms with Gasteiger partial charge in [-0.3, -0.25) is 9.52 Å². The monoisotopic (exact) mass is 619 g/mol. The van der Waals surface area contributed by atoms with E-state index in [-0.39, 0.29) is 46.8 Å². The van der Waals surface area contributed by atoms with Gasteiger partial charge in [0.2, 0.25) is 0 Å². The van der Waals surface area contributed by atoms with Crippen LogP contribution in [0.25, 0.3) is 0 Å². The van der Waals surface area contributed by atoms with E-state index < -0.39 is 21.9 Å². The zero-order chi connectivity index (χ0) is 31.1. The van der Waals surface area contributed by atoms with E-state index >= 15 is 0 Å². The third-order valence-corrected chi connectivity index (χ3v) is 9.58. The van der Waals surface area contributed by atoms with Crippen molar-refractivity contribution >= 4 is 21.6 Å². The maximum atomic E-state index is 14.2. The molecule has 0 radical (unpaired) electrons. The summed E-state index contributed by atoms with van der Waals surface area (Å²) < 4.78 is 54.6. The van der Waals surface area contributed by atoms with Gasteiger partial charge >= 0.3 is 0 Å². The van der Waals surface area contributed by atoms with Crippen LogP contribution in [0.1, 0.15) is 63.2 Å². The number of aliphatic hydroxyl groups excluding tert-OH is 1. The Kier molecular flexibility index (Phi) is 11.4. The molecule has 1 amide bonds. The number of nitrogens with one attached hydrogen (secondary N) is 1. The molecule has 43 heavy (non-hydrogen) atoms. The summed E-state index contributed by atoms with van der Waals surface area (Å²) in [5.74, 6) is 0.140. The predicted octanol–water partition coefficient (Wildman–Crippen LogP) is 4.76. The molecular weight excluding hydrogens is 573 g/mol. The first kappa shape index (κ1) is 33.2.